The molecule has 0 heterocycles. The van der Waals surface area contributed by atoms with Crippen molar-refractivity contribution < 1.29 is 52.6 Å². The van der Waals surface area contributed by atoms with E-state index in [1.165, 1.54) is 0 Å². The highest BCUT2D eigenvalue weighted by atomic mass is 32.2. The zero-order valence-electron chi connectivity index (χ0n) is 16.8. The van der Waals surface area contributed by atoms with Gasteiger partial charge in [-0.3, -0.25) is 4.72 Å². The number of ether oxygens (including phenoxy) is 1. The van der Waals surface area contributed by atoms with Gasteiger partial charge in [0.25, 0.3) is 11.3 Å². The van der Waals surface area contributed by atoms with Crippen molar-refractivity contribution in [1.29, 1.82) is 0 Å². The molecule has 4 nitrogen and oxygen atoms in total. The lowest BCUT2D eigenvalue weighted by Crippen LogP contribution is -2.30. The van der Waals surface area contributed by atoms with Gasteiger partial charge in [0, 0.05) is 11.1 Å². The maximum absolute atomic E-state index is 11.9. The Bertz CT molecular complexity index is 1010. The zero-order chi connectivity index (χ0) is 25.8. The Hall–Kier alpha value is -3.00. The van der Waals surface area contributed by atoms with Gasteiger partial charge in [-0.05, 0) is 35.7 Å². The summed E-state index contributed by atoms with van der Waals surface area (Å²) in [6, 6.07) is 20.6. The number of rotatable bonds is 6. The van der Waals surface area contributed by atoms with Gasteiger partial charge < -0.3 is 4.74 Å². The Labute approximate surface area is 190 Å². The monoisotopic (exact) mass is 521 g/mol. The van der Waals surface area contributed by atoms with Crippen LogP contribution in [0, 0.1) is 0 Å². The zero-order valence-corrected chi connectivity index (χ0v) is 17.6. The predicted molar refractivity (Wildman–Crippen MR) is 108 cm³/mol. The molecule has 0 radical (unpaired) electrons. The average Bonchev–Trinajstić information content (AvgIpc) is 2.75. The van der Waals surface area contributed by atoms with E-state index in [4.69, 9.17) is 4.74 Å². The lowest BCUT2D eigenvalue weighted by Gasteiger charge is -2.10. The number of fused-ring (bicyclic) bond motifs is 1. The van der Waals surface area contributed by atoms with Gasteiger partial charge in [0.1, 0.15) is 11.5 Å². The second-order valence-electron chi connectivity index (χ2n) is 5.76. The van der Waals surface area contributed by atoms with Crippen molar-refractivity contribution in [2.75, 3.05) is 18.5 Å². The van der Waals surface area contributed by atoms with Crippen LogP contribution in [0.3, 0.4) is 0 Å². The van der Waals surface area contributed by atoms with Gasteiger partial charge >= 0.3 is 12.4 Å². The Balaban J connectivity index is 0.000000443. The first-order valence-corrected chi connectivity index (χ1v) is 9.89. The number of halogens is 9. The van der Waals surface area contributed by atoms with Crippen LogP contribution in [0.5, 0.6) is 11.5 Å². The first-order valence-electron chi connectivity index (χ1n) is 8.81. The maximum atomic E-state index is 11.9. The van der Waals surface area contributed by atoms with E-state index in [0.717, 1.165) is 16.5 Å². The predicted octanol–water partition coefficient (Wildman–Crippen LogP) is 7.56. The first-order chi connectivity index (χ1) is 15.9. The summed E-state index contributed by atoms with van der Waals surface area (Å²) in [5, 5.41) is 2.12. The molecule has 3 aromatic rings. The van der Waals surface area contributed by atoms with Crippen molar-refractivity contribution >= 4 is 27.7 Å². The molecular formula is C20H16F9NO3S. The Kier molecular flexibility index (Phi) is 11.7. The highest BCUT2D eigenvalue weighted by Gasteiger charge is 2.58. The molecule has 0 aliphatic rings. The van der Waals surface area contributed by atoms with Crippen LogP contribution < -0.4 is 9.46 Å². The summed E-state index contributed by atoms with van der Waals surface area (Å²) in [4.78, 5) is 0. The third-order valence-electron chi connectivity index (χ3n) is 3.51. The van der Waals surface area contributed by atoms with E-state index in [0.29, 0.717) is 11.4 Å². The largest absolute Gasteiger partial charge is 0.487 e. The lowest BCUT2D eigenvalue weighted by molar-refractivity contribution is -0.339. The minimum atomic E-state index is -6.06. The van der Waals surface area contributed by atoms with Gasteiger partial charge in [0.05, 0.1) is 0 Å². The van der Waals surface area contributed by atoms with Crippen molar-refractivity contribution in [3.8, 4) is 11.5 Å². The van der Waals surface area contributed by atoms with Crippen LogP contribution in [-0.4, -0.2) is 30.4 Å². The highest BCUT2D eigenvalue weighted by molar-refractivity contribution is 7.81. The molecule has 0 fully saturated rings. The standard InChI is InChI=1S/C17H14FNO3S.C2F6.CH2F2/c18-12-21-23(20)19-14-8-10-15(11-9-14)22-17-7-3-5-13-4-1-2-6-16(13)17;3-1(4,5)2(6,7)8;2-1-3/h1-11,19H,12H2;;1H2. The summed E-state index contributed by atoms with van der Waals surface area (Å²) < 4.78 is 118. The number of benzene rings is 3. The van der Waals surface area contributed by atoms with E-state index in [2.05, 4.69) is 8.91 Å². The molecule has 0 saturated heterocycles. The molecule has 3 aromatic carbocycles. The number of hydrogen-bond acceptors (Lipinski definition) is 3. The molecule has 14 heteroatoms. The van der Waals surface area contributed by atoms with Crippen molar-refractivity contribution in [1.82, 2.24) is 0 Å². The molecule has 0 amide bonds. The van der Waals surface area contributed by atoms with E-state index in [9.17, 15) is 43.7 Å². The van der Waals surface area contributed by atoms with Gasteiger partial charge in [-0.15, -0.1) is 0 Å². The van der Waals surface area contributed by atoms with Crippen molar-refractivity contribution in [3.63, 3.8) is 0 Å². The van der Waals surface area contributed by atoms with Crippen molar-refractivity contribution in [2.45, 2.75) is 12.4 Å². The van der Waals surface area contributed by atoms with Gasteiger partial charge in [0.15, 0.2) is 0 Å². The first kappa shape index (κ1) is 29.0. The number of nitrogens with one attached hydrogen (secondary N) is 1. The number of anilines is 1. The molecule has 0 saturated carbocycles. The van der Waals surface area contributed by atoms with Crippen LogP contribution in [0.25, 0.3) is 10.8 Å². The Morgan fingerprint density at radius 1 is 0.765 bits per heavy atom. The van der Waals surface area contributed by atoms with E-state index in [1.54, 1.807) is 24.3 Å². The summed E-state index contributed by atoms with van der Waals surface area (Å²) in [5.41, 5.74) is 0.544. The minimum Gasteiger partial charge on any atom is -0.457 e. The van der Waals surface area contributed by atoms with E-state index in [1.807, 2.05) is 42.5 Å². The summed E-state index contributed by atoms with van der Waals surface area (Å²) in [6.07, 6.45) is -12.1. The number of hydrogen-bond donors (Lipinski definition) is 1. The maximum Gasteiger partial charge on any atom is 0.487 e. The minimum absolute atomic E-state index is 0.544. The van der Waals surface area contributed by atoms with Gasteiger partial charge in [-0.25, -0.2) is 21.6 Å². The quantitative estimate of drug-likeness (QED) is 0.341. The molecular weight excluding hydrogens is 505 g/mol. The Morgan fingerprint density at radius 2 is 1.29 bits per heavy atom. The van der Waals surface area contributed by atoms with Crippen LogP contribution in [0.15, 0.2) is 66.7 Å². The third-order valence-corrected chi connectivity index (χ3v) is 4.21. The van der Waals surface area contributed by atoms with Crippen LogP contribution in [0.2, 0.25) is 0 Å². The fourth-order valence-electron chi connectivity index (χ4n) is 2.17. The summed E-state index contributed by atoms with van der Waals surface area (Å²) in [5.74, 6) is 1.40. The smallest absolute Gasteiger partial charge is 0.457 e. The SMILES string of the molecule is FC(F)(F)C(F)(F)F.FCF.O=S(Nc1ccc(Oc2cccc3ccccc23)cc1)OCF. The molecule has 3 rings (SSSR count). The third kappa shape index (κ3) is 9.87. The molecule has 1 unspecified atom stereocenters. The summed E-state index contributed by atoms with van der Waals surface area (Å²) >= 11 is -1.90. The molecule has 0 bridgehead atoms. The van der Waals surface area contributed by atoms with Gasteiger partial charge in [-0.1, -0.05) is 36.4 Å². The fourth-order valence-corrected chi connectivity index (χ4v) is 2.64. The van der Waals surface area contributed by atoms with Crippen LogP contribution in [0.4, 0.5) is 45.2 Å². The highest BCUT2D eigenvalue weighted by Crippen LogP contribution is 2.36. The molecule has 34 heavy (non-hydrogen) atoms. The second kappa shape index (κ2) is 13.6. The van der Waals surface area contributed by atoms with Crippen LogP contribution in [-0.2, 0) is 15.4 Å². The van der Waals surface area contributed by atoms with E-state index < -0.39 is 37.4 Å². The summed E-state index contributed by atoms with van der Waals surface area (Å²) in [7, 11) is 0. The molecule has 1 atom stereocenters. The fraction of sp³-hybridized carbons (Fsp3) is 0.200. The topological polar surface area (TPSA) is 47.6 Å². The molecule has 0 spiro atoms. The number of alkyl halides is 9. The summed E-state index contributed by atoms with van der Waals surface area (Å²) in [6.45, 7) is -2.86. The van der Waals surface area contributed by atoms with Gasteiger partial charge in [0.2, 0.25) is 13.8 Å². The van der Waals surface area contributed by atoms with Gasteiger partial charge in [-0.2, -0.15) is 26.3 Å². The molecule has 0 aromatic heterocycles. The van der Waals surface area contributed by atoms with E-state index in [-0.39, 0.29) is 0 Å². The second-order valence-corrected chi connectivity index (χ2v) is 6.67. The Morgan fingerprint density at radius 3 is 1.82 bits per heavy atom. The normalized spacial score (nSPS) is 12.0. The van der Waals surface area contributed by atoms with Crippen molar-refractivity contribution in [2.24, 2.45) is 0 Å². The molecule has 188 valence electrons. The van der Waals surface area contributed by atoms with Crippen LogP contribution in [0.1, 0.15) is 0 Å². The van der Waals surface area contributed by atoms with Crippen LogP contribution >= 0.6 is 0 Å². The molecule has 1 N–H and O–H groups in total. The van der Waals surface area contributed by atoms with E-state index >= 15 is 0 Å². The van der Waals surface area contributed by atoms with Crippen molar-refractivity contribution in [3.05, 3.63) is 66.7 Å². The molecule has 0 aliphatic heterocycles. The lowest BCUT2D eigenvalue weighted by atomic mass is 10.1. The average molecular weight is 521 g/mol. The molecule has 0 aliphatic carbocycles.